The number of nitrogens with zero attached hydrogens (tertiary/aromatic N) is 2. The van der Waals surface area contributed by atoms with Crippen LogP contribution in [-0.4, -0.2) is 98.1 Å². The lowest BCUT2D eigenvalue weighted by Gasteiger charge is -2.41. The predicted octanol–water partition coefficient (Wildman–Crippen LogP) is 0.0664. The molecule has 3 aliphatic rings. The van der Waals surface area contributed by atoms with Gasteiger partial charge in [-0.1, -0.05) is 18.2 Å². The van der Waals surface area contributed by atoms with Crippen molar-refractivity contribution in [2.45, 2.75) is 43.2 Å². The van der Waals surface area contributed by atoms with Crippen LogP contribution >= 0.6 is 0 Å². The van der Waals surface area contributed by atoms with Gasteiger partial charge in [0.05, 0.1) is 18.8 Å². The number of para-hydroxylation sites is 1. The van der Waals surface area contributed by atoms with E-state index in [1.807, 2.05) is 6.07 Å². The van der Waals surface area contributed by atoms with Crippen molar-refractivity contribution in [3.63, 3.8) is 0 Å². The van der Waals surface area contributed by atoms with Gasteiger partial charge in [0.15, 0.2) is 0 Å². The minimum absolute atomic E-state index is 0.0811. The fraction of sp³-hybridized carbons (Fsp3) is 0.714. The molecule has 0 bridgehead atoms. The van der Waals surface area contributed by atoms with Gasteiger partial charge in [-0.05, 0) is 25.0 Å². The van der Waals surface area contributed by atoms with Gasteiger partial charge in [0.25, 0.3) is 0 Å². The van der Waals surface area contributed by atoms with E-state index in [1.54, 1.807) is 0 Å². The summed E-state index contributed by atoms with van der Waals surface area (Å²) in [6, 6.07) is 10.8. The third kappa shape index (κ3) is 4.50. The second-order valence-electron chi connectivity index (χ2n) is 8.03. The van der Waals surface area contributed by atoms with Crippen LogP contribution < -0.4 is 10.2 Å². The van der Waals surface area contributed by atoms with Crippen molar-refractivity contribution in [2.24, 2.45) is 0 Å². The molecule has 4 rings (SSSR count). The number of benzene rings is 1. The first-order valence-corrected chi connectivity index (χ1v) is 10.6. The number of ether oxygens (including phenoxy) is 2. The summed E-state index contributed by atoms with van der Waals surface area (Å²) < 4.78 is 11.5. The number of aliphatic hydroxyl groups excluding tert-OH is 2. The second-order valence-corrected chi connectivity index (χ2v) is 8.03. The van der Waals surface area contributed by atoms with Gasteiger partial charge < -0.3 is 29.9 Å². The Bertz CT molecular complexity index is 591. The van der Waals surface area contributed by atoms with Gasteiger partial charge in [0.1, 0.15) is 12.2 Å². The zero-order valence-electron chi connectivity index (χ0n) is 16.4. The molecule has 0 unspecified atom stereocenters. The highest BCUT2D eigenvalue weighted by molar-refractivity contribution is 5.46. The standard InChI is InChI=1S/C21H33N3O4/c25-15-19-21(26)20(18(28-19)14-22-16-6-12-27-13-7-16)24-10-8-23(9-11-24)17-4-2-1-3-5-17/h1-5,16,18-22,25-26H,6-15H2/t18-,19+,20+,21-/m1/s1. The second kappa shape index (κ2) is 9.52. The number of rotatable bonds is 6. The van der Waals surface area contributed by atoms with Crippen LogP contribution in [0.4, 0.5) is 5.69 Å². The Kier molecular flexibility index (Phi) is 6.82. The fourth-order valence-corrected chi connectivity index (χ4v) is 4.70. The molecule has 1 aromatic carbocycles. The Balaban J connectivity index is 1.36. The van der Waals surface area contributed by atoms with E-state index in [-0.39, 0.29) is 18.8 Å². The van der Waals surface area contributed by atoms with Crippen LogP contribution in [0.5, 0.6) is 0 Å². The van der Waals surface area contributed by atoms with Crippen LogP contribution in [-0.2, 0) is 9.47 Å². The average molecular weight is 392 g/mol. The summed E-state index contributed by atoms with van der Waals surface area (Å²) in [6.45, 7) is 5.77. The van der Waals surface area contributed by atoms with Crippen LogP contribution in [0.1, 0.15) is 12.8 Å². The maximum atomic E-state index is 10.8. The van der Waals surface area contributed by atoms with Gasteiger partial charge in [-0.2, -0.15) is 0 Å². The third-order valence-electron chi connectivity index (χ3n) is 6.33. The Hall–Kier alpha value is -1.22. The molecule has 3 N–H and O–H groups in total. The lowest BCUT2D eigenvalue weighted by molar-refractivity contribution is -0.0229. The van der Waals surface area contributed by atoms with Gasteiger partial charge in [-0.15, -0.1) is 0 Å². The van der Waals surface area contributed by atoms with Crippen molar-refractivity contribution in [1.29, 1.82) is 0 Å². The Morgan fingerprint density at radius 1 is 1.00 bits per heavy atom. The SMILES string of the molecule is OC[C@@H]1O[C@H](CNC2CCOCC2)[C@H](N2CCN(c3ccccc3)CC2)[C@@H]1O. The lowest BCUT2D eigenvalue weighted by Crippen LogP contribution is -2.57. The first kappa shape index (κ1) is 20.1. The maximum absolute atomic E-state index is 10.8. The van der Waals surface area contributed by atoms with E-state index in [0.29, 0.717) is 12.6 Å². The van der Waals surface area contributed by atoms with Crippen molar-refractivity contribution in [3.05, 3.63) is 30.3 Å². The molecule has 156 valence electrons. The van der Waals surface area contributed by atoms with Crippen molar-refractivity contribution in [2.75, 3.05) is 57.4 Å². The lowest BCUT2D eigenvalue weighted by atomic mass is 10.0. The van der Waals surface area contributed by atoms with Crippen molar-refractivity contribution in [3.8, 4) is 0 Å². The maximum Gasteiger partial charge on any atom is 0.109 e. The van der Waals surface area contributed by atoms with Crippen LogP contribution in [0.25, 0.3) is 0 Å². The Labute approximate surface area is 167 Å². The highest BCUT2D eigenvalue weighted by atomic mass is 16.5. The fourth-order valence-electron chi connectivity index (χ4n) is 4.70. The molecule has 0 spiro atoms. The zero-order chi connectivity index (χ0) is 19.3. The molecule has 0 aliphatic carbocycles. The van der Waals surface area contributed by atoms with E-state index in [1.165, 1.54) is 5.69 Å². The van der Waals surface area contributed by atoms with E-state index in [9.17, 15) is 10.2 Å². The molecular formula is C21H33N3O4. The molecule has 0 aromatic heterocycles. The smallest absolute Gasteiger partial charge is 0.109 e. The molecule has 4 atom stereocenters. The number of hydrogen-bond donors (Lipinski definition) is 3. The van der Waals surface area contributed by atoms with Crippen LogP contribution in [0.15, 0.2) is 30.3 Å². The average Bonchev–Trinajstić information content (AvgIpc) is 3.09. The summed E-state index contributed by atoms with van der Waals surface area (Å²) in [4.78, 5) is 4.73. The van der Waals surface area contributed by atoms with Gasteiger partial charge in [-0.3, -0.25) is 4.90 Å². The topological polar surface area (TPSA) is 77.4 Å². The van der Waals surface area contributed by atoms with Gasteiger partial charge in [0.2, 0.25) is 0 Å². The normalized spacial score (nSPS) is 32.7. The highest BCUT2D eigenvalue weighted by Crippen LogP contribution is 2.28. The molecule has 0 saturated carbocycles. The Morgan fingerprint density at radius 3 is 2.39 bits per heavy atom. The molecule has 3 fully saturated rings. The minimum Gasteiger partial charge on any atom is -0.394 e. The van der Waals surface area contributed by atoms with Gasteiger partial charge in [-0.25, -0.2) is 0 Å². The minimum atomic E-state index is -0.658. The summed E-state index contributed by atoms with van der Waals surface area (Å²) in [5.74, 6) is 0. The molecule has 1 aromatic rings. The van der Waals surface area contributed by atoms with Crippen molar-refractivity contribution in [1.82, 2.24) is 10.2 Å². The molecule has 3 heterocycles. The number of piperazine rings is 1. The molecule has 28 heavy (non-hydrogen) atoms. The molecule has 0 amide bonds. The van der Waals surface area contributed by atoms with Gasteiger partial charge >= 0.3 is 0 Å². The van der Waals surface area contributed by atoms with Crippen LogP contribution in [0, 0.1) is 0 Å². The third-order valence-corrected chi connectivity index (χ3v) is 6.33. The van der Waals surface area contributed by atoms with E-state index >= 15 is 0 Å². The molecule has 3 aliphatic heterocycles. The summed E-state index contributed by atoms with van der Waals surface area (Å²) in [7, 11) is 0. The molecule has 3 saturated heterocycles. The van der Waals surface area contributed by atoms with E-state index in [4.69, 9.17) is 9.47 Å². The van der Waals surface area contributed by atoms with Gasteiger partial charge in [0, 0.05) is 57.7 Å². The number of anilines is 1. The largest absolute Gasteiger partial charge is 0.394 e. The van der Waals surface area contributed by atoms with Crippen molar-refractivity contribution >= 4 is 5.69 Å². The number of aliphatic hydroxyl groups is 2. The molecular weight excluding hydrogens is 358 g/mol. The molecule has 7 heteroatoms. The summed E-state index contributed by atoms with van der Waals surface area (Å²) in [6.07, 6.45) is 0.754. The predicted molar refractivity (Wildman–Crippen MR) is 108 cm³/mol. The van der Waals surface area contributed by atoms with E-state index in [0.717, 1.165) is 52.2 Å². The molecule has 0 radical (unpaired) electrons. The first-order chi connectivity index (χ1) is 13.8. The summed E-state index contributed by atoms with van der Waals surface area (Å²) >= 11 is 0. The summed E-state index contributed by atoms with van der Waals surface area (Å²) in [5, 5.41) is 24.0. The Morgan fingerprint density at radius 2 is 1.71 bits per heavy atom. The number of hydrogen-bond acceptors (Lipinski definition) is 7. The van der Waals surface area contributed by atoms with Crippen LogP contribution in [0.2, 0.25) is 0 Å². The quantitative estimate of drug-likeness (QED) is 0.633. The highest BCUT2D eigenvalue weighted by Gasteiger charge is 2.46. The monoisotopic (exact) mass is 391 g/mol. The van der Waals surface area contributed by atoms with E-state index < -0.39 is 12.2 Å². The zero-order valence-corrected chi connectivity index (χ0v) is 16.4. The first-order valence-electron chi connectivity index (χ1n) is 10.6. The van der Waals surface area contributed by atoms with E-state index in [2.05, 4.69) is 39.4 Å². The summed E-state index contributed by atoms with van der Waals surface area (Å²) in [5.41, 5.74) is 1.25. The van der Waals surface area contributed by atoms with Crippen LogP contribution in [0.3, 0.4) is 0 Å². The molecule has 7 nitrogen and oxygen atoms in total. The van der Waals surface area contributed by atoms with Crippen molar-refractivity contribution < 1.29 is 19.7 Å². The number of nitrogens with one attached hydrogen (secondary N) is 1.